The van der Waals surface area contributed by atoms with Gasteiger partial charge in [0, 0.05) is 5.56 Å². The number of ketones is 1. The summed E-state index contributed by atoms with van der Waals surface area (Å²) < 4.78 is 22.1. The molecule has 1 fully saturated rings. The van der Waals surface area contributed by atoms with E-state index >= 15 is 0 Å². The molecular weight excluding hydrogens is 454 g/mol. The van der Waals surface area contributed by atoms with Crippen LogP contribution in [0, 0.1) is 0 Å². The summed E-state index contributed by atoms with van der Waals surface area (Å²) in [4.78, 5) is 27.7. The molecule has 2 aliphatic rings. The standard InChI is InChI=1S/C26H23NO8/c1-2-32-20-12-15(5-7-18(20)28)23-22(25(30)26(31)27(23)14-17-4-3-9-33-17)24(29)16-6-8-19-21(13-16)35-11-10-34-19/h3-9,12-13,23,28-29H,2,10-11,14H2,1H3. The first kappa shape index (κ1) is 22.4. The maximum absolute atomic E-state index is 13.2. The first-order valence-electron chi connectivity index (χ1n) is 11.1. The summed E-state index contributed by atoms with van der Waals surface area (Å²) in [6, 6.07) is 11.8. The minimum Gasteiger partial charge on any atom is -0.507 e. The zero-order valence-corrected chi connectivity index (χ0v) is 18.9. The van der Waals surface area contributed by atoms with E-state index in [0.717, 1.165) is 0 Å². The maximum Gasteiger partial charge on any atom is 0.296 e. The Hall–Kier alpha value is -4.40. The van der Waals surface area contributed by atoms with Crippen molar-refractivity contribution in [1.29, 1.82) is 0 Å². The lowest BCUT2D eigenvalue weighted by Crippen LogP contribution is -2.29. The number of phenolic OH excluding ortho intramolecular Hbond substituents is 1. The van der Waals surface area contributed by atoms with Gasteiger partial charge in [0.15, 0.2) is 23.0 Å². The van der Waals surface area contributed by atoms with Gasteiger partial charge in [0.2, 0.25) is 0 Å². The first-order chi connectivity index (χ1) is 17.0. The van der Waals surface area contributed by atoms with Gasteiger partial charge in [-0.25, -0.2) is 0 Å². The Balaban J connectivity index is 1.65. The predicted octanol–water partition coefficient (Wildman–Crippen LogP) is 3.78. The van der Waals surface area contributed by atoms with Crippen LogP contribution in [0.3, 0.4) is 0 Å². The molecule has 0 bridgehead atoms. The summed E-state index contributed by atoms with van der Waals surface area (Å²) in [5, 5.41) is 21.5. The van der Waals surface area contributed by atoms with Gasteiger partial charge in [-0.2, -0.15) is 0 Å². The molecule has 35 heavy (non-hydrogen) atoms. The maximum atomic E-state index is 13.2. The molecule has 2 N–H and O–H groups in total. The Bertz CT molecular complexity index is 1310. The number of phenols is 1. The van der Waals surface area contributed by atoms with Gasteiger partial charge in [-0.1, -0.05) is 6.07 Å². The van der Waals surface area contributed by atoms with Crippen molar-refractivity contribution in [2.24, 2.45) is 0 Å². The van der Waals surface area contributed by atoms with Gasteiger partial charge >= 0.3 is 0 Å². The SMILES string of the molecule is CCOc1cc(C2C(=C(O)c3ccc4c(c3)OCCO4)C(=O)C(=O)N2Cc2ccco2)ccc1O. The highest BCUT2D eigenvalue weighted by Gasteiger charge is 2.46. The fourth-order valence-electron chi connectivity index (χ4n) is 4.28. The van der Waals surface area contributed by atoms with Crippen molar-refractivity contribution in [1.82, 2.24) is 4.90 Å². The van der Waals surface area contributed by atoms with Gasteiger partial charge in [-0.3, -0.25) is 9.59 Å². The molecule has 9 heteroatoms. The zero-order valence-electron chi connectivity index (χ0n) is 18.9. The van der Waals surface area contributed by atoms with Crippen molar-refractivity contribution in [3.8, 4) is 23.0 Å². The molecule has 2 aliphatic heterocycles. The summed E-state index contributed by atoms with van der Waals surface area (Å²) in [6.07, 6.45) is 1.48. The highest BCUT2D eigenvalue weighted by Crippen LogP contribution is 2.43. The molecule has 1 saturated heterocycles. The summed E-state index contributed by atoms with van der Waals surface area (Å²) in [5.41, 5.74) is 0.696. The third-order valence-electron chi connectivity index (χ3n) is 5.86. The average Bonchev–Trinajstić information content (AvgIpc) is 3.47. The minimum absolute atomic E-state index is 0.00496. The third-order valence-corrected chi connectivity index (χ3v) is 5.86. The second-order valence-corrected chi connectivity index (χ2v) is 8.02. The molecule has 3 aromatic rings. The molecule has 1 amide bonds. The number of Topliss-reactive ketones (excluding diaryl/α,β-unsaturated/α-hetero) is 1. The number of nitrogens with zero attached hydrogens (tertiary/aromatic N) is 1. The Labute approximate surface area is 200 Å². The topological polar surface area (TPSA) is 119 Å². The summed E-state index contributed by atoms with van der Waals surface area (Å²) in [7, 11) is 0. The van der Waals surface area contributed by atoms with Crippen molar-refractivity contribution >= 4 is 17.4 Å². The Morgan fingerprint density at radius 2 is 1.89 bits per heavy atom. The fourth-order valence-corrected chi connectivity index (χ4v) is 4.28. The van der Waals surface area contributed by atoms with Crippen LogP contribution in [0.2, 0.25) is 0 Å². The third kappa shape index (κ3) is 4.05. The van der Waals surface area contributed by atoms with Crippen LogP contribution >= 0.6 is 0 Å². The van der Waals surface area contributed by atoms with Gasteiger partial charge in [0.05, 0.1) is 31.0 Å². The Kier molecular flexibility index (Phi) is 5.82. The number of amides is 1. The van der Waals surface area contributed by atoms with Crippen molar-refractivity contribution in [2.45, 2.75) is 19.5 Å². The number of ether oxygens (including phenoxy) is 3. The van der Waals surface area contributed by atoms with E-state index in [9.17, 15) is 19.8 Å². The second-order valence-electron chi connectivity index (χ2n) is 8.02. The van der Waals surface area contributed by atoms with Crippen molar-refractivity contribution in [3.63, 3.8) is 0 Å². The van der Waals surface area contributed by atoms with Crippen LogP contribution in [0.15, 0.2) is 64.8 Å². The number of rotatable bonds is 6. The molecule has 1 atom stereocenters. The van der Waals surface area contributed by atoms with Gasteiger partial charge < -0.3 is 33.7 Å². The molecular formula is C26H23NO8. The minimum atomic E-state index is -0.951. The zero-order chi connectivity index (χ0) is 24.5. The molecule has 0 saturated carbocycles. The largest absolute Gasteiger partial charge is 0.507 e. The normalized spacial score (nSPS) is 18.7. The van der Waals surface area contributed by atoms with Crippen molar-refractivity contribution in [3.05, 3.63) is 77.3 Å². The number of hydrogen-bond donors (Lipinski definition) is 2. The van der Waals surface area contributed by atoms with Crippen LogP contribution < -0.4 is 14.2 Å². The number of aliphatic hydroxyl groups is 1. The molecule has 180 valence electrons. The second kappa shape index (κ2) is 9.09. The summed E-state index contributed by atoms with van der Waals surface area (Å²) in [6.45, 7) is 2.86. The number of carbonyl (C=O) groups is 2. The van der Waals surface area contributed by atoms with Crippen LogP contribution in [-0.2, 0) is 16.1 Å². The number of aliphatic hydroxyl groups excluding tert-OH is 1. The Morgan fingerprint density at radius 3 is 2.63 bits per heavy atom. The number of benzene rings is 2. The molecule has 0 radical (unpaired) electrons. The number of carbonyl (C=O) groups excluding carboxylic acids is 2. The predicted molar refractivity (Wildman–Crippen MR) is 123 cm³/mol. The molecule has 3 heterocycles. The highest BCUT2D eigenvalue weighted by molar-refractivity contribution is 6.46. The van der Waals surface area contributed by atoms with Crippen molar-refractivity contribution < 1.29 is 38.4 Å². The molecule has 5 rings (SSSR count). The molecule has 0 aliphatic carbocycles. The van der Waals surface area contributed by atoms with E-state index in [1.807, 2.05) is 0 Å². The van der Waals surface area contributed by atoms with Crippen LogP contribution in [0.5, 0.6) is 23.0 Å². The highest BCUT2D eigenvalue weighted by atomic mass is 16.6. The van der Waals surface area contributed by atoms with Gasteiger partial charge in [0.25, 0.3) is 11.7 Å². The monoisotopic (exact) mass is 477 g/mol. The number of fused-ring (bicyclic) bond motifs is 1. The molecule has 0 spiro atoms. The van der Waals surface area contributed by atoms with E-state index in [-0.39, 0.29) is 29.4 Å². The fraction of sp³-hybridized carbons (Fsp3) is 0.231. The van der Waals surface area contributed by atoms with Gasteiger partial charge in [-0.05, 0) is 55.0 Å². The number of hydrogen-bond acceptors (Lipinski definition) is 8. The van der Waals surface area contributed by atoms with E-state index in [1.54, 1.807) is 49.4 Å². The number of furan rings is 1. The van der Waals surface area contributed by atoms with Crippen LogP contribution in [-0.4, -0.2) is 46.6 Å². The van der Waals surface area contributed by atoms with Gasteiger partial charge in [0.1, 0.15) is 24.7 Å². The lowest BCUT2D eigenvalue weighted by atomic mass is 9.94. The summed E-state index contributed by atoms with van der Waals surface area (Å²) in [5.74, 6) is -0.402. The lowest BCUT2D eigenvalue weighted by Gasteiger charge is -2.25. The van der Waals surface area contributed by atoms with E-state index < -0.39 is 17.7 Å². The molecule has 9 nitrogen and oxygen atoms in total. The molecule has 1 aromatic heterocycles. The Morgan fingerprint density at radius 1 is 1.09 bits per heavy atom. The summed E-state index contributed by atoms with van der Waals surface area (Å²) >= 11 is 0. The van der Waals surface area contributed by atoms with Crippen LogP contribution in [0.25, 0.3) is 5.76 Å². The van der Waals surface area contributed by atoms with E-state index in [1.165, 1.54) is 17.2 Å². The lowest BCUT2D eigenvalue weighted by molar-refractivity contribution is -0.140. The smallest absolute Gasteiger partial charge is 0.296 e. The van der Waals surface area contributed by atoms with E-state index in [0.29, 0.717) is 48.2 Å². The number of likely N-dealkylation sites (tertiary alicyclic amines) is 1. The van der Waals surface area contributed by atoms with Crippen LogP contribution in [0.4, 0.5) is 0 Å². The van der Waals surface area contributed by atoms with Gasteiger partial charge in [-0.15, -0.1) is 0 Å². The average molecular weight is 477 g/mol. The quantitative estimate of drug-likeness (QED) is 0.313. The molecule has 2 aromatic carbocycles. The van der Waals surface area contributed by atoms with E-state index in [2.05, 4.69) is 0 Å². The van der Waals surface area contributed by atoms with Crippen molar-refractivity contribution in [2.75, 3.05) is 19.8 Å². The number of aromatic hydroxyl groups is 1. The van der Waals surface area contributed by atoms with E-state index in [4.69, 9.17) is 18.6 Å². The molecule has 1 unspecified atom stereocenters. The van der Waals surface area contributed by atoms with Crippen LogP contribution in [0.1, 0.15) is 29.9 Å². The first-order valence-corrected chi connectivity index (χ1v) is 11.1.